The molecule has 0 unspecified atom stereocenters. The minimum Gasteiger partial charge on any atom is -0.469 e. The maximum Gasteiger partial charge on any atom is 0.354 e. The Hall–Kier alpha value is -4.37. The molecule has 0 fully saturated rings. The first-order valence-electron chi connectivity index (χ1n) is 13.8. The lowest BCUT2D eigenvalue weighted by atomic mass is 10.0. The van der Waals surface area contributed by atoms with Gasteiger partial charge in [-0.3, -0.25) is 9.59 Å². The van der Waals surface area contributed by atoms with E-state index >= 15 is 0 Å². The average Bonchev–Trinajstić information content (AvgIpc) is 3.60. The summed E-state index contributed by atoms with van der Waals surface area (Å²) in [4.78, 5) is 42.6. The fourth-order valence-electron chi connectivity index (χ4n) is 4.79. The molecule has 4 aromatic rings. The van der Waals surface area contributed by atoms with Gasteiger partial charge in [0, 0.05) is 31.3 Å². The third kappa shape index (κ3) is 7.47. The minimum atomic E-state index is -0.689. The Morgan fingerprint density at radius 3 is 2.36 bits per heavy atom. The van der Waals surface area contributed by atoms with E-state index in [1.807, 2.05) is 59.2 Å². The number of ether oxygens (including phenoxy) is 2. The summed E-state index contributed by atoms with van der Waals surface area (Å²) in [6, 6.07) is 19.8. The zero-order valence-corrected chi connectivity index (χ0v) is 24.8. The van der Waals surface area contributed by atoms with Crippen molar-refractivity contribution >= 4 is 35.1 Å². The highest BCUT2D eigenvalue weighted by Gasteiger charge is 2.25. The van der Waals surface area contributed by atoms with Gasteiger partial charge in [-0.25, -0.2) is 9.78 Å². The van der Waals surface area contributed by atoms with Crippen LogP contribution >= 0.6 is 11.6 Å². The number of halogens is 1. The molecule has 0 aliphatic rings. The first-order chi connectivity index (χ1) is 20.3. The smallest absolute Gasteiger partial charge is 0.354 e. The summed E-state index contributed by atoms with van der Waals surface area (Å²) in [5.74, 6) is -0.354. The molecule has 0 saturated carbocycles. The van der Waals surface area contributed by atoms with Crippen LogP contribution in [0.3, 0.4) is 0 Å². The third-order valence-electron chi connectivity index (χ3n) is 7.04. The molecule has 2 aromatic carbocycles. The number of carbonyl (C=O) groups excluding carboxylic acids is 3. The monoisotopic (exact) mass is 590 g/mol. The fourth-order valence-corrected chi connectivity index (χ4v) is 5.06. The maximum atomic E-state index is 13.6. The molecule has 0 aliphatic carbocycles. The molecule has 0 spiro atoms. The van der Waals surface area contributed by atoms with Crippen molar-refractivity contribution in [2.24, 2.45) is 0 Å². The minimum absolute atomic E-state index is 0.0261. The van der Waals surface area contributed by atoms with Crippen LogP contribution in [0.2, 0.25) is 5.15 Å². The van der Waals surface area contributed by atoms with Crippen molar-refractivity contribution in [3.05, 3.63) is 106 Å². The maximum absolute atomic E-state index is 13.6. The van der Waals surface area contributed by atoms with Crippen LogP contribution in [0.5, 0.6) is 0 Å². The summed E-state index contributed by atoms with van der Waals surface area (Å²) in [7, 11) is 2.66. The molecule has 0 bridgehead atoms. The standard InChI is InChI=1S/C32H35ClN4O5/c1-4-5-13-28-35-30(33)26(20-29(38)41-2)37(28)21-23-14-16-24(17-15-23)34-31(39)27(19-22-10-7-6-8-11-22)36-18-9-12-25(36)32(40)42-3/h6-12,14-18,27H,4-5,13,19-21H2,1-3H3,(H,34,39)/t27-/m0/s1. The highest BCUT2D eigenvalue weighted by Crippen LogP contribution is 2.24. The Kier molecular flexibility index (Phi) is 10.6. The Morgan fingerprint density at radius 2 is 1.69 bits per heavy atom. The van der Waals surface area contributed by atoms with Crippen LogP contribution in [0.25, 0.3) is 0 Å². The van der Waals surface area contributed by atoms with Gasteiger partial charge < -0.3 is 23.9 Å². The van der Waals surface area contributed by atoms with E-state index in [4.69, 9.17) is 21.1 Å². The quantitative estimate of drug-likeness (QED) is 0.202. The number of anilines is 1. The van der Waals surface area contributed by atoms with Crippen molar-refractivity contribution < 1.29 is 23.9 Å². The summed E-state index contributed by atoms with van der Waals surface area (Å²) in [5.41, 5.74) is 3.43. The molecule has 0 radical (unpaired) electrons. The number of hydrogen-bond acceptors (Lipinski definition) is 6. The molecular formula is C32H35ClN4O5. The van der Waals surface area contributed by atoms with Gasteiger partial charge in [0.1, 0.15) is 17.6 Å². The van der Waals surface area contributed by atoms with Gasteiger partial charge in [0.05, 0.1) is 26.3 Å². The lowest BCUT2D eigenvalue weighted by molar-refractivity contribution is -0.139. The fraction of sp³-hybridized carbons (Fsp3) is 0.312. The Morgan fingerprint density at radius 1 is 0.952 bits per heavy atom. The second-order valence-corrected chi connectivity index (χ2v) is 10.3. The van der Waals surface area contributed by atoms with Crippen molar-refractivity contribution in [2.45, 2.75) is 51.6 Å². The zero-order valence-electron chi connectivity index (χ0n) is 24.0. The lowest BCUT2D eigenvalue weighted by Gasteiger charge is -2.21. The van der Waals surface area contributed by atoms with Crippen LogP contribution in [0, 0.1) is 0 Å². The van der Waals surface area contributed by atoms with Gasteiger partial charge in [0.15, 0.2) is 5.15 Å². The average molecular weight is 591 g/mol. The number of benzene rings is 2. The van der Waals surface area contributed by atoms with Gasteiger partial charge >= 0.3 is 11.9 Å². The second kappa shape index (κ2) is 14.5. The van der Waals surface area contributed by atoms with Gasteiger partial charge in [-0.15, -0.1) is 0 Å². The first kappa shape index (κ1) is 30.6. The molecule has 0 aliphatic heterocycles. The number of aryl methyl sites for hydroxylation is 1. The van der Waals surface area contributed by atoms with E-state index in [1.165, 1.54) is 14.2 Å². The molecule has 1 N–H and O–H groups in total. The second-order valence-electron chi connectivity index (χ2n) is 9.89. The van der Waals surface area contributed by atoms with Crippen LogP contribution in [0.4, 0.5) is 5.69 Å². The van der Waals surface area contributed by atoms with Crippen LogP contribution < -0.4 is 5.32 Å². The zero-order chi connectivity index (χ0) is 30.1. The topological polar surface area (TPSA) is 104 Å². The predicted molar refractivity (Wildman–Crippen MR) is 161 cm³/mol. The number of unbranched alkanes of at least 4 members (excludes halogenated alkanes) is 1. The number of amides is 1. The van der Waals surface area contributed by atoms with E-state index in [0.29, 0.717) is 35.2 Å². The number of imidazole rings is 1. The molecule has 0 saturated heterocycles. The predicted octanol–water partition coefficient (Wildman–Crippen LogP) is 5.65. The van der Waals surface area contributed by atoms with Crippen molar-refractivity contribution in [3.63, 3.8) is 0 Å². The lowest BCUT2D eigenvalue weighted by Crippen LogP contribution is -2.29. The van der Waals surface area contributed by atoms with Crippen molar-refractivity contribution in [1.82, 2.24) is 14.1 Å². The summed E-state index contributed by atoms with van der Waals surface area (Å²) < 4.78 is 13.4. The summed E-state index contributed by atoms with van der Waals surface area (Å²) in [6.07, 6.45) is 4.80. The highest BCUT2D eigenvalue weighted by molar-refractivity contribution is 6.30. The van der Waals surface area contributed by atoms with Crippen LogP contribution in [0.1, 0.15) is 58.9 Å². The number of esters is 2. The molecule has 220 valence electrons. The first-order valence-corrected chi connectivity index (χ1v) is 14.2. The Bertz CT molecular complexity index is 1510. The molecule has 9 nitrogen and oxygen atoms in total. The molecule has 42 heavy (non-hydrogen) atoms. The van der Waals surface area contributed by atoms with E-state index in [-0.39, 0.29) is 18.3 Å². The molecule has 4 rings (SSSR count). The number of carbonyl (C=O) groups is 3. The Balaban J connectivity index is 1.55. The number of hydrogen-bond donors (Lipinski definition) is 1. The number of nitrogens with zero attached hydrogens (tertiary/aromatic N) is 3. The van der Waals surface area contributed by atoms with E-state index in [1.54, 1.807) is 22.9 Å². The number of rotatable bonds is 13. The molecule has 2 heterocycles. The van der Waals surface area contributed by atoms with E-state index in [0.717, 1.165) is 36.2 Å². The van der Waals surface area contributed by atoms with Crippen molar-refractivity contribution in [1.29, 1.82) is 0 Å². The third-order valence-corrected chi connectivity index (χ3v) is 7.34. The number of aromatic nitrogens is 3. The Labute approximate surface area is 250 Å². The van der Waals surface area contributed by atoms with Crippen LogP contribution in [0.15, 0.2) is 72.9 Å². The van der Waals surface area contributed by atoms with E-state index < -0.39 is 12.0 Å². The number of methoxy groups -OCH3 is 2. The van der Waals surface area contributed by atoms with Gasteiger partial charge in [-0.05, 0) is 41.8 Å². The largest absolute Gasteiger partial charge is 0.469 e. The van der Waals surface area contributed by atoms with E-state index in [9.17, 15) is 14.4 Å². The van der Waals surface area contributed by atoms with Gasteiger partial charge in [-0.1, -0.05) is 67.4 Å². The van der Waals surface area contributed by atoms with Crippen molar-refractivity contribution in [2.75, 3.05) is 19.5 Å². The molecule has 1 amide bonds. The SMILES string of the molecule is CCCCc1nc(Cl)c(CC(=O)OC)n1Cc1ccc(NC(=O)[C@H](Cc2ccccc2)n2cccc2C(=O)OC)cc1. The number of nitrogens with one attached hydrogen (secondary N) is 1. The molecule has 2 aromatic heterocycles. The van der Waals surface area contributed by atoms with Crippen molar-refractivity contribution in [3.8, 4) is 0 Å². The van der Waals surface area contributed by atoms with Crippen LogP contribution in [-0.4, -0.2) is 46.2 Å². The molecular weight excluding hydrogens is 556 g/mol. The van der Waals surface area contributed by atoms with Gasteiger partial charge in [0.2, 0.25) is 5.91 Å². The molecule has 10 heteroatoms. The summed E-state index contributed by atoms with van der Waals surface area (Å²) in [6.45, 7) is 2.57. The molecule has 1 atom stereocenters. The van der Waals surface area contributed by atoms with Gasteiger partial charge in [-0.2, -0.15) is 0 Å². The summed E-state index contributed by atoms with van der Waals surface area (Å²) >= 11 is 6.43. The summed E-state index contributed by atoms with van der Waals surface area (Å²) in [5, 5.41) is 3.30. The van der Waals surface area contributed by atoms with Crippen LogP contribution in [-0.2, 0) is 44.9 Å². The highest BCUT2D eigenvalue weighted by atomic mass is 35.5. The normalized spacial score (nSPS) is 11.6. The van der Waals surface area contributed by atoms with Gasteiger partial charge in [0.25, 0.3) is 0 Å². The van der Waals surface area contributed by atoms with E-state index in [2.05, 4.69) is 17.2 Å².